The van der Waals surface area contributed by atoms with Crippen molar-refractivity contribution in [2.45, 2.75) is 68.5 Å². The Hall–Kier alpha value is -2.84. The Labute approximate surface area is 183 Å². The summed E-state index contributed by atoms with van der Waals surface area (Å²) < 4.78 is 5.89. The summed E-state index contributed by atoms with van der Waals surface area (Å²) in [6, 6.07) is 18.9. The number of carbonyl (C=O) groups excluding carboxylic acids is 1. The molecule has 2 saturated heterocycles. The van der Waals surface area contributed by atoms with Crippen LogP contribution in [-0.4, -0.2) is 40.4 Å². The molecule has 0 radical (unpaired) electrons. The normalized spacial score (nSPS) is 26.3. The van der Waals surface area contributed by atoms with Crippen LogP contribution in [0.4, 0.5) is 4.79 Å². The lowest BCUT2D eigenvalue weighted by atomic mass is 9.82. The van der Waals surface area contributed by atoms with Crippen LogP contribution in [0.5, 0.6) is 0 Å². The van der Waals surface area contributed by atoms with Gasteiger partial charge in [0, 0.05) is 24.4 Å². The van der Waals surface area contributed by atoms with Crippen LogP contribution in [0.15, 0.2) is 48.5 Å². The van der Waals surface area contributed by atoms with E-state index in [2.05, 4.69) is 30.3 Å². The molecular formula is C26H28N2O3. The van der Waals surface area contributed by atoms with Gasteiger partial charge in [0.1, 0.15) is 6.61 Å². The third-order valence-corrected chi connectivity index (χ3v) is 7.33. The van der Waals surface area contributed by atoms with Gasteiger partial charge >= 0.3 is 6.09 Å². The minimum atomic E-state index is -0.761. The van der Waals surface area contributed by atoms with Gasteiger partial charge in [-0.15, -0.1) is 0 Å². The molecule has 1 amide bonds. The quantitative estimate of drug-likeness (QED) is 0.697. The number of nitrogens with zero attached hydrogens (tertiary/aromatic N) is 2. The fourth-order valence-electron chi connectivity index (χ4n) is 5.99. The van der Waals surface area contributed by atoms with Gasteiger partial charge in [0.25, 0.3) is 0 Å². The van der Waals surface area contributed by atoms with Crippen molar-refractivity contribution in [3.05, 3.63) is 59.7 Å². The third-order valence-electron chi connectivity index (χ3n) is 7.33. The van der Waals surface area contributed by atoms with Gasteiger partial charge in [0.15, 0.2) is 0 Å². The van der Waals surface area contributed by atoms with E-state index in [-0.39, 0.29) is 24.1 Å². The number of unbranched alkanes of at least 4 members (excludes halogenated alkanes) is 1. The molecule has 2 bridgehead atoms. The molecule has 160 valence electrons. The molecule has 0 aromatic heterocycles. The van der Waals surface area contributed by atoms with Gasteiger partial charge in [-0.3, -0.25) is 0 Å². The minimum Gasteiger partial charge on any atom is -0.448 e. The van der Waals surface area contributed by atoms with Gasteiger partial charge in [-0.2, -0.15) is 5.26 Å². The predicted octanol–water partition coefficient (Wildman–Crippen LogP) is 4.99. The van der Waals surface area contributed by atoms with E-state index in [0.29, 0.717) is 38.7 Å². The highest BCUT2D eigenvalue weighted by Gasteiger charge is 2.49. The highest BCUT2D eigenvalue weighted by molar-refractivity contribution is 5.79. The molecule has 2 atom stereocenters. The van der Waals surface area contributed by atoms with Gasteiger partial charge in [-0.1, -0.05) is 48.5 Å². The Morgan fingerprint density at radius 3 is 2.23 bits per heavy atom. The molecule has 0 spiro atoms. The molecule has 2 unspecified atom stereocenters. The summed E-state index contributed by atoms with van der Waals surface area (Å²) in [6.07, 6.45) is 4.54. The number of hydrogen-bond donors (Lipinski definition) is 1. The minimum absolute atomic E-state index is 0.0292. The molecule has 1 N–H and O–H groups in total. The lowest BCUT2D eigenvalue weighted by molar-refractivity contribution is -0.0543. The summed E-state index contributed by atoms with van der Waals surface area (Å²) in [6.45, 7) is 0.329. The smallest absolute Gasteiger partial charge is 0.410 e. The first kappa shape index (κ1) is 20.1. The summed E-state index contributed by atoms with van der Waals surface area (Å²) in [5.74, 6) is 0.0571. The second-order valence-corrected chi connectivity index (χ2v) is 9.24. The number of amides is 1. The molecule has 1 aliphatic carbocycles. The number of hydrogen-bond acceptors (Lipinski definition) is 4. The van der Waals surface area contributed by atoms with Gasteiger partial charge < -0.3 is 14.7 Å². The molecule has 2 aromatic carbocycles. The standard InChI is InChI=1S/C26H28N2O3/c27-14-6-5-13-26(30)15-18-11-12-19(16-26)28(18)25(29)31-17-24-22-9-3-1-7-20(22)21-8-2-4-10-23(21)24/h1-4,7-10,18-19,24,30H,5-6,11-13,15-17H2. The summed E-state index contributed by atoms with van der Waals surface area (Å²) >= 11 is 0. The van der Waals surface area contributed by atoms with Crippen molar-refractivity contribution < 1.29 is 14.6 Å². The number of carbonyl (C=O) groups is 1. The van der Waals surface area contributed by atoms with E-state index in [1.807, 2.05) is 29.2 Å². The Balaban J connectivity index is 1.27. The topological polar surface area (TPSA) is 73.6 Å². The van der Waals surface area contributed by atoms with Crippen LogP contribution in [0.2, 0.25) is 0 Å². The van der Waals surface area contributed by atoms with E-state index in [4.69, 9.17) is 10.00 Å². The van der Waals surface area contributed by atoms with Gasteiger partial charge in [-0.05, 0) is 60.8 Å². The maximum atomic E-state index is 13.1. The van der Waals surface area contributed by atoms with Crippen LogP contribution in [0, 0.1) is 11.3 Å². The number of rotatable bonds is 5. The fraction of sp³-hybridized carbons (Fsp3) is 0.462. The molecule has 5 heteroatoms. The number of nitriles is 1. The molecule has 0 saturated carbocycles. The highest BCUT2D eigenvalue weighted by Crippen LogP contribution is 2.46. The van der Waals surface area contributed by atoms with Crippen molar-refractivity contribution in [3.63, 3.8) is 0 Å². The van der Waals surface area contributed by atoms with Crippen molar-refractivity contribution in [1.29, 1.82) is 5.26 Å². The van der Waals surface area contributed by atoms with E-state index in [9.17, 15) is 9.90 Å². The SMILES string of the molecule is N#CCCCC1(O)CC2CCC(C1)N2C(=O)OCC1c2ccccc2-c2ccccc21. The van der Waals surface area contributed by atoms with Crippen LogP contribution in [0.3, 0.4) is 0 Å². The fourth-order valence-corrected chi connectivity index (χ4v) is 5.99. The number of ether oxygens (including phenoxy) is 1. The van der Waals surface area contributed by atoms with E-state index in [1.165, 1.54) is 22.3 Å². The maximum Gasteiger partial charge on any atom is 0.410 e. The second kappa shape index (κ2) is 8.01. The van der Waals surface area contributed by atoms with Crippen molar-refractivity contribution in [3.8, 4) is 17.2 Å². The first-order valence-electron chi connectivity index (χ1n) is 11.3. The van der Waals surface area contributed by atoms with Crippen LogP contribution in [0.25, 0.3) is 11.1 Å². The summed E-state index contributed by atoms with van der Waals surface area (Å²) in [5, 5.41) is 19.8. The monoisotopic (exact) mass is 416 g/mol. The zero-order valence-corrected chi connectivity index (χ0v) is 17.7. The lowest BCUT2D eigenvalue weighted by Crippen LogP contribution is -2.53. The van der Waals surface area contributed by atoms with E-state index in [0.717, 1.165) is 12.8 Å². The number of piperidine rings is 1. The van der Waals surface area contributed by atoms with Crippen molar-refractivity contribution >= 4 is 6.09 Å². The third kappa shape index (κ3) is 3.59. The number of fused-ring (bicyclic) bond motifs is 5. The predicted molar refractivity (Wildman–Crippen MR) is 117 cm³/mol. The first-order valence-corrected chi connectivity index (χ1v) is 11.3. The number of aliphatic hydroxyl groups is 1. The van der Waals surface area contributed by atoms with Crippen LogP contribution < -0.4 is 0 Å². The Bertz CT molecular complexity index is 968. The molecule has 2 aliphatic heterocycles. The van der Waals surface area contributed by atoms with Gasteiger partial charge in [-0.25, -0.2) is 4.79 Å². The van der Waals surface area contributed by atoms with E-state index in [1.54, 1.807) is 0 Å². The first-order chi connectivity index (χ1) is 15.1. The van der Waals surface area contributed by atoms with E-state index < -0.39 is 5.60 Å². The zero-order valence-electron chi connectivity index (χ0n) is 17.7. The molecular weight excluding hydrogens is 388 g/mol. The molecule has 2 heterocycles. The largest absolute Gasteiger partial charge is 0.448 e. The second-order valence-electron chi connectivity index (χ2n) is 9.24. The Kier molecular flexibility index (Phi) is 5.19. The zero-order chi connectivity index (χ0) is 21.4. The van der Waals surface area contributed by atoms with Crippen molar-refractivity contribution in [2.24, 2.45) is 0 Å². The average molecular weight is 417 g/mol. The Morgan fingerprint density at radius 1 is 1.06 bits per heavy atom. The van der Waals surface area contributed by atoms with Crippen LogP contribution >= 0.6 is 0 Å². The molecule has 5 nitrogen and oxygen atoms in total. The lowest BCUT2D eigenvalue weighted by Gasteiger charge is -2.43. The van der Waals surface area contributed by atoms with Gasteiger partial charge in [0.2, 0.25) is 0 Å². The molecule has 31 heavy (non-hydrogen) atoms. The molecule has 2 aromatic rings. The van der Waals surface area contributed by atoms with Crippen LogP contribution in [0.1, 0.15) is 62.0 Å². The maximum absolute atomic E-state index is 13.1. The summed E-state index contributed by atoms with van der Waals surface area (Å²) in [5.41, 5.74) is 4.11. The molecule has 3 aliphatic rings. The Morgan fingerprint density at radius 2 is 1.65 bits per heavy atom. The van der Waals surface area contributed by atoms with Crippen molar-refractivity contribution in [2.75, 3.05) is 6.61 Å². The molecule has 5 rings (SSSR count). The average Bonchev–Trinajstić information content (AvgIpc) is 3.25. The summed E-state index contributed by atoms with van der Waals surface area (Å²) in [7, 11) is 0. The van der Waals surface area contributed by atoms with E-state index >= 15 is 0 Å². The molecule has 2 fully saturated rings. The van der Waals surface area contributed by atoms with Gasteiger partial charge in [0.05, 0.1) is 11.7 Å². The van der Waals surface area contributed by atoms with Crippen LogP contribution in [-0.2, 0) is 4.74 Å². The highest BCUT2D eigenvalue weighted by atomic mass is 16.6. The number of benzene rings is 2. The summed E-state index contributed by atoms with van der Waals surface area (Å²) in [4.78, 5) is 15.0. The van der Waals surface area contributed by atoms with Crippen molar-refractivity contribution in [1.82, 2.24) is 4.90 Å².